The number of nitrogens with one attached hydrogen (secondary N) is 1. The van der Waals surface area contributed by atoms with Crippen LogP contribution in [0.15, 0.2) is 29.2 Å². The van der Waals surface area contributed by atoms with E-state index in [1.165, 1.54) is 9.08 Å². The number of carbonyl (C=O) groups excluding carboxylic acids is 1. The van der Waals surface area contributed by atoms with Gasteiger partial charge in [-0.2, -0.15) is 0 Å². The van der Waals surface area contributed by atoms with Crippen LogP contribution in [-0.4, -0.2) is 37.2 Å². The van der Waals surface area contributed by atoms with Gasteiger partial charge in [-0.05, 0) is 18.1 Å². The standard InChI is InChI=1S/C14H18N4O4/c1-9(2)12(13(20)21)15-11(19)6-8-18-14(22)17-7-4-3-5-10(17)16-18/h3-5,7,9,12H,6,8H2,1-2H3,(H,15,19)(H,20,21)/t12-/m1/s1. The molecular weight excluding hydrogens is 288 g/mol. The Balaban J connectivity index is 2.02. The Morgan fingerprint density at radius 3 is 2.68 bits per heavy atom. The number of aryl methyl sites for hydroxylation is 1. The van der Waals surface area contributed by atoms with Crippen LogP contribution in [0.4, 0.5) is 0 Å². The number of hydrogen-bond acceptors (Lipinski definition) is 4. The van der Waals surface area contributed by atoms with Crippen LogP contribution in [0.5, 0.6) is 0 Å². The van der Waals surface area contributed by atoms with Gasteiger partial charge in [0.25, 0.3) is 0 Å². The van der Waals surface area contributed by atoms with E-state index in [1.807, 2.05) is 0 Å². The lowest BCUT2D eigenvalue weighted by atomic mass is 10.0. The summed E-state index contributed by atoms with van der Waals surface area (Å²) in [5, 5.41) is 15.6. The summed E-state index contributed by atoms with van der Waals surface area (Å²) >= 11 is 0. The van der Waals surface area contributed by atoms with Gasteiger partial charge in [-0.3, -0.25) is 9.20 Å². The van der Waals surface area contributed by atoms with Gasteiger partial charge in [-0.15, -0.1) is 5.10 Å². The molecule has 22 heavy (non-hydrogen) atoms. The molecule has 0 aliphatic carbocycles. The summed E-state index contributed by atoms with van der Waals surface area (Å²) < 4.78 is 2.58. The van der Waals surface area contributed by atoms with E-state index in [0.29, 0.717) is 5.65 Å². The van der Waals surface area contributed by atoms with Gasteiger partial charge in [0.1, 0.15) is 6.04 Å². The minimum Gasteiger partial charge on any atom is -0.480 e. The fourth-order valence-corrected chi connectivity index (χ4v) is 2.08. The zero-order chi connectivity index (χ0) is 16.3. The summed E-state index contributed by atoms with van der Waals surface area (Å²) in [6, 6.07) is 4.23. The molecule has 0 unspecified atom stereocenters. The number of pyridine rings is 1. The Morgan fingerprint density at radius 1 is 1.36 bits per heavy atom. The van der Waals surface area contributed by atoms with Crippen molar-refractivity contribution in [2.75, 3.05) is 0 Å². The van der Waals surface area contributed by atoms with Gasteiger partial charge in [0.05, 0.1) is 6.54 Å². The Kier molecular flexibility index (Phi) is 4.59. The largest absolute Gasteiger partial charge is 0.480 e. The van der Waals surface area contributed by atoms with Crippen LogP contribution >= 0.6 is 0 Å². The van der Waals surface area contributed by atoms with Crippen LogP contribution in [0, 0.1) is 5.92 Å². The maximum absolute atomic E-state index is 12.0. The average molecular weight is 306 g/mol. The van der Waals surface area contributed by atoms with Crippen molar-refractivity contribution in [1.82, 2.24) is 19.5 Å². The Morgan fingerprint density at radius 2 is 2.09 bits per heavy atom. The number of aliphatic carboxylic acids is 1. The van der Waals surface area contributed by atoms with Gasteiger partial charge in [0.15, 0.2) is 5.65 Å². The normalized spacial score (nSPS) is 12.5. The molecule has 2 heterocycles. The highest BCUT2D eigenvalue weighted by atomic mass is 16.4. The first-order valence-electron chi connectivity index (χ1n) is 6.96. The zero-order valence-corrected chi connectivity index (χ0v) is 12.4. The molecule has 0 spiro atoms. The Labute approximate surface area is 126 Å². The lowest BCUT2D eigenvalue weighted by Crippen LogP contribution is -2.44. The van der Waals surface area contributed by atoms with Crippen LogP contribution in [0.25, 0.3) is 5.65 Å². The molecule has 2 aromatic heterocycles. The predicted molar refractivity (Wildman–Crippen MR) is 78.5 cm³/mol. The van der Waals surface area contributed by atoms with Crippen LogP contribution in [0.1, 0.15) is 20.3 Å². The first-order valence-corrected chi connectivity index (χ1v) is 6.96. The van der Waals surface area contributed by atoms with Crippen LogP contribution < -0.4 is 11.0 Å². The van der Waals surface area contributed by atoms with Crippen LogP contribution in [-0.2, 0) is 16.1 Å². The van der Waals surface area contributed by atoms with Crippen molar-refractivity contribution in [3.63, 3.8) is 0 Å². The second-order valence-corrected chi connectivity index (χ2v) is 5.31. The SMILES string of the molecule is CC(C)[C@@H](NC(=O)CCn1nc2ccccn2c1=O)C(=O)O. The van der Waals surface area contributed by atoms with E-state index in [2.05, 4.69) is 10.4 Å². The number of hydrogen-bond donors (Lipinski definition) is 2. The monoisotopic (exact) mass is 306 g/mol. The molecule has 8 heteroatoms. The van der Waals surface area contributed by atoms with Gasteiger partial charge in [-0.1, -0.05) is 19.9 Å². The molecular formula is C14H18N4O4. The number of carboxylic acid groups (broad SMARTS) is 1. The molecule has 0 fully saturated rings. The minimum absolute atomic E-state index is 0.0136. The van der Waals surface area contributed by atoms with Gasteiger partial charge in [0.2, 0.25) is 5.91 Å². The Bertz CT molecular complexity index is 747. The lowest BCUT2D eigenvalue weighted by molar-refractivity contribution is -0.143. The van der Waals surface area contributed by atoms with E-state index in [9.17, 15) is 14.4 Å². The number of fused-ring (bicyclic) bond motifs is 1. The van der Waals surface area contributed by atoms with Gasteiger partial charge in [-0.25, -0.2) is 14.3 Å². The van der Waals surface area contributed by atoms with E-state index in [1.54, 1.807) is 38.2 Å². The number of rotatable bonds is 6. The smallest absolute Gasteiger partial charge is 0.350 e. The molecule has 2 rings (SSSR count). The maximum Gasteiger partial charge on any atom is 0.350 e. The van der Waals surface area contributed by atoms with Gasteiger partial charge in [0, 0.05) is 12.6 Å². The number of carbonyl (C=O) groups is 2. The van der Waals surface area contributed by atoms with Crippen molar-refractivity contribution in [3.8, 4) is 0 Å². The highest BCUT2D eigenvalue weighted by molar-refractivity contribution is 5.83. The van der Waals surface area contributed by atoms with Crippen molar-refractivity contribution >= 4 is 17.5 Å². The van der Waals surface area contributed by atoms with Crippen LogP contribution in [0.3, 0.4) is 0 Å². The molecule has 1 atom stereocenters. The molecule has 0 bridgehead atoms. The number of amides is 1. The molecule has 2 aromatic rings. The van der Waals surface area contributed by atoms with E-state index < -0.39 is 17.9 Å². The summed E-state index contributed by atoms with van der Waals surface area (Å²) in [6.07, 6.45) is 1.58. The lowest BCUT2D eigenvalue weighted by Gasteiger charge is -2.17. The first-order chi connectivity index (χ1) is 10.4. The van der Waals surface area contributed by atoms with E-state index in [0.717, 1.165) is 0 Å². The third-order valence-corrected chi connectivity index (χ3v) is 3.29. The summed E-state index contributed by atoms with van der Waals surface area (Å²) in [4.78, 5) is 34.9. The quantitative estimate of drug-likeness (QED) is 0.788. The fourth-order valence-electron chi connectivity index (χ4n) is 2.08. The van der Waals surface area contributed by atoms with E-state index >= 15 is 0 Å². The number of nitrogens with zero attached hydrogens (tertiary/aromatic N) is 3. The number of carboxylic acids is 1. The minimum atomic E-state index is -1.08. The van der Waals surface area contributed by atoms with Gasteiger partial charge < -0.3 is 10.4 Å². The molecule has 0 radical (unpaired) electrons. The zero-order valence-electron chi connectivity index (χ0n) is 12.4. The fraction of sp³-hybridized carbons (Fsp3) is 0.429. The molecule has 0 aromatic carbocycles. The highest BCUT2D eigenvalue weighted by Gasteiger charge is 2.23. The van der Waals surface area contributed by atoms with Crippen molar-refractivity contribution in [3.05, 3.63) is 34.9 Å². The third kappa shape index (κ3) is 3.33. The Hall–Kier alpha value is -2.64. The van der Waals surface area contributed by atoms with Gasteiger partial charge >= 0.3 is 11.7 Å². The summed E-state index contributed by atoms with van der Waals surface area (Å²) in [7, 11) is 0. The van der Waals surface area contributed by atoms with E-state index in [-0.39, 0.29) is 24.6 Å². The molecule has 0 aliphatic heterocycles. The second-order valence-electron chi connectivity index (χ2n) is 5.31. The highest BCUT2D eigenvalue weighted by Crippen LogP contribution is 2.02. The summed E-state index contributed by atoms with van der Waals surface area (Å²) in [6.45, 7) is 3.52. The average Bonchev–Trinajstić information content (AvgIpc) is 2.79. The molecule has 0 saturated carbocycles. The molecule has 2 N–H and O–H groups in total. The molecule has 8 nitrogen and oxygen atoms in total. The number of aromatic nitrogens is 3. The van der Waals surface area contributed by atoms with Crippen molar-refractivity contribution in [2.45, 2.75) is 32.9 Å². The molecule has 118 valence electrons. The molecule has 0 saturated heterocycles. The van der Waals surface area contributed by atoms with Crippen molar-refractivity contribution in [2.24, 2.45) is 5.92 Å². The summed E-state index contributed by atoms with van der Waals surface area (Å²) in [5.74, 6) is -1.72. The summed E-state index contributed by atoms with van der Waals surface area (Å²) in [5.41, 5.74) is 0.167. The van der Waals surface area contributed by atoms with Crippen molar-refractivity contribution < 1.29 is 14.7 Å². The molecule has 1 amide bonds. The predicted octanol–water partition coefficient (Wildman–Crippen LogP) is 0.111. The van der Waals surface area contributed by atoms with Crippen LogP contribution in [0.2, 0.25) is 0 Å². The van der Waals surface area contributed by atoms with E-state index in [4.69, 9.17) is 5.11 Å². The molecule has 0 aliphatic rings. The maximum atomic E-state index is 12.0. The second kappa shape index (κ2) is 6.42. The topological polar surface area (TPSA) is 106 Å². The first kappa shape index (κ1) is 15.7. The van der Waals surface area contributed by atoms with Crippen molar-refractivity contribution in [1.29, 1.82) is 0 Å². The third-order valence-electron chi connectivity index (χ3n) is 3.29.